The van der Waals surface area contributed by atoms with Crippen molar-refractivity contribution in [3.05, 3.63) is 0 Å². The predicted molar refractivity (Wildman–Crippen MR) is 94.4 cm³/mol. The number of hydrogen-bond acceptors (Lipinski definition) is 6. The summed E-state index contributed by atoms with van der Waals surface area (Å²) in [4.78, 5) is 52.3. The molecule has 5 amide bonds. The Morgan fingerprint density at radius 1 is 1.11 bits per heavy atom. The monoisotopic (exact) mass is 381 g/mol. The number of hydrazine groups is 1. The minimum atomic E-state index is -0.853. The maximum Gasteiger partial charge on any atom is 0.409 e. The van der Waals surface area contributed by atoms with Crippen molar-refractivity contribution in [2.45, 2.75) is 44.6 Å². The molecule has 2 N–H and O–H groups in total. The van der Waals surface area contributed by atoms with Crippen molar-refractivity contribution in [2.24, 2.45) is 0 Å². The molecule has 2 saturated heterocycles. The highest BCUT2D eigenvalue weighted by Crippen LogP contribution is 2.32. The van der Waals surface area contributed by atoms with Gasteiger partial charge in [-0.05, 0) is 19.8 Å². The highest BCUT2D eigenvalue weighted by molar-refractivity contribution is 6.08. The highest BCUT2D eigenvalue weighted by Gasteiger charge is 2.52. The molecule has 10 heteroatoms. The van der Waals surface area contributed by atoms with E-state index in [4.69, 9.17) is 4.74 Å². The third-order valence-electron chi connectivity index (χ3n) is 5.37. The SMILES string of the molecule is CCOC(=O)N1CCN(CC(=O)NN2C(=O)NC3(CCCCC3)C2=O)CC1. The largest absolute Gasteiger partial charge is 0.450 e. The second kappa shape index (κ2) is 8.12. The lowest BCUT2D eigenvalue weighted by Crippen LogP contribution is -2.55. The van der Waals surface area contributed by atoms with Crippen molar-refractivity contribution >= 4 is 23.9 Å². The molecule has 0 bridgehead atoms. The topological polar surface area (TPSA) is 111 Å². The Labute approximate surface area is 158 Å². The number of nitrogens with zero attached hydrogens (tertiary/aromatic N) is 3. The third-order valence-corrected chi connectivity index (χ3v) is 5.37. The van der Waals surface area contributed by atoms with Crippen LogP contribution in [0.4, 0.5) is 9.59 Å². The Bertz CT molecular complexity index is 611. The van der Waals surface area contributed by atoms with E-state index in [1.54, 1.807) is 11.8 Å². The molecular weight excluding hydrogens is 354 g/mol. The van der Waals surface area contributed by atoms with Crippen LogP contribution in [0.2, 0.25) is 0 Å². The molecule has 0 atom stereocenters. The molecule has 27 heavy (non-hydrogen) atoms. The number of carbonyl (C=O) groups excluding carboxylic acids is 4. The minimum absolute atomic E-state index is 0.0563. The van der Waals surface area contributed by atoms with Crippen LogP contribution in [-0.2, 0) is 14.3 Å². The summed E-state index contributed by atoms with van der Waals surface area (Å²) in [5.41, 5.74) is 1.58. The normalized spacial score (nSPS) is 22.7. The van der Waals surface area contributed by atoms with Gasteiger partial charge in [-0.3, -0.25) is 19.9 Å². The van der Waals surface area contributed by atoms with Gasteiger partial charge in [0.2, 0.25) is 0 Å². The molecule has 0 aromatic heterocycles. The number of imide groups is 1. The van der Waals surface area contributed by atoms with Crippen LogP contribution in [0.5, 0.6) is 0 Å². The molecule has 0 unspecified atom stereocenters. The standard InChI is InChI=1S/C17H27N5O5/c1-2-27-16(26)21-10-8-20(9-11-21)12-13(23)19-22-14(24)17(18-15(22)25)6-4-3-5-7-17/h2-12H2,1H3,(H,18,25)(H,19,23). The van der Waals surface area contributed by atoms with Crippen molar-refractivity contribution in [1.29, 1.82) is 0 Å². The van der Waals surface area contributed by atoms with E-state index in [1.807, 2.05) is 4.90 Å². The molecule has 3 fully saturated rings. The lowest BCUT2D eigenvalue weighted by Gasteiger charge is -2.33. The third kappa shape index (κ3) is 4.15. The predicted octanol–water partition coefficient (Wildman–Crippen LogP) is 0.0464. The van der Waals surface area contributed by atoms with Crippen molar-refractivity contribution in [2.75, 3.05) is 39.3 Å². The summed E-state index contributed by atoms with van der Waals surface area (Å²) in [6.07, 6.45) is 3.70. The van der Waals surface area contributed by atoms with E-state index >= 15 is 0 Å². The minimum Gasteiger partial charge on any atom is -0.450 e. The summed E-state index contributed by atoms with van der Waals surface area (Å²) in [6.45, 7) is 4.13. The average molecular weight is 381 g/mol. The van der Waals surface area contributed by atoms with E-state index in [9.17, 15) is 19.2 Å². The molecule has 0 aromatic carbocycles. The summed E-state index contributed by atoms with van der Waals surface area (Å²) in [7, 11) is 0. The van der Waals surface area contributed by atoms with Crippen LogP contribution in [0.15, 0.2) is 0 Å². The molecular formula is C17H27N5O5. The summed E-state index contributed by atoms with van der Waals surface area (Å²) in [5, 5.41) is 3.58. The van der Waals surface area contributed by atoms with Gasteiger partial charge >= 0.3 is 12.1 Å². The lowest BCUT2D eigenvalue weighted by atomic mass is 9.82. The van der Waals surface area contributed by atoms with Crippen LogP contribution >= 0.6 is 0 Å². The Morgan fingerprint density at radius 3 is 2.41 bits per heavy atom. The highest BCUT2D eigenvalue weighted by atomic mass is 16.6. The number of piperazine rings is 1. The van der Waals surface area contributed by atoms with Gasteiger partial charge in [0.1, 0.15) is 5.54 Å². The molecule has 0 radical (unpaired) electrons. The maximum atomic E-state index is 12.7. The summed E-state index contributed by atoms with van der Waals surface area (Å²) >= 11 is 0. The zero-order chi connectivity index (χ0) is 19.4. The van der Waals surface area contributed by atoms with Crippen LogP contribution in [0.3, 0.4) is 0 Å². The smallest absolute Gasteiger partial charge is 0.409 e. The fourth-order valence-corrected chi connectivity index (χ4v) is 3.88. The van der Waals surface area contributed by atoms with Gasteiger partial charge in [0.25, 0.3) is 11.8 Å². The van der Waals surface area contributed by atoms with Gasteiger partial charge in [-0.25, -0.2) is 9.59 Å². The number of hydrogen-bond donors (Lipinski definition) is 2. The fourth-order valence-electron chi connectivity index (χ4n) is 3.88. The first-order valence-corrected chi connectivity index (χ1v) is 9.55. The molecule has 0 aromatic rings. The van der Waals surface area contributed by atoms with Gasteiger partial charge in [0.05, 0.1) is 13.2 Å². The van der Waals surface area contributed by atoms with E-state index in [2.05, 4.69) is 10.7 Å². The van der Waals surface area contributed by atoms with Crippen molar-refractivity contribution in [3.8, 4) is 0 Å². The Balaban J connectivity index is 1.48. The van der Waals surface area contributed by atoms with E-state index in [0.29, 0.717) is 45.6 Å². The molecule has 1 saturated carbocycles. The number of amides is 5. The Kier molecular flexibility index (Phi) is 5.83. The van der Waals surface area contributed by atoms with E-state index in [1.165, 1.54) is 0 Å². The van der Waals surface area contributed by atoms with Gasteiger partial charge in [0.15, 0.2) is 0 Å². The maximum absolute atomic E-state index is 12.7. The van der Waals surface area contributed by atoms with Gasteiger partial charge in [-0.1, -0.05) is 19.3 Å². The van der Waals surface area contributed by atoms with Crippen LogP contribution < -0.4 is 10.7 Å². The van der Waals surface area contributed by atoms with Crippen LogP contribution in [0.1, 0.15) is 39.0 Å². The molecule has 1 aliphatic carbocycles. The van der Waals surface area contributed by atoms with Crippen molar-refractivity contribution < 1.29 is 23.9 Å². The summed E-state index contributed by atoms with van der Waals surface area (Å²) in [6, 6.07) is -0.567. The first-order chi connectivity index (χ1) is 12.9. The lowest BCUT2D eigenvalue weighted by molar-refractivity contribution is -0.140. The molecule has 2 heterocycles. The Hall–Kier alpha value is -2.36. The number of nitrogens with one attached hydrogen (secondary N) is 2. The second-order valence-corrected chi connectivity index (χ2v) is 7.21. The summed E-state index contributed by atoms with van der Waals surface area (Å²) < 4.78 is 4.97. The molecule has 2 aliphatic heterocycles. The molecule has 3 rings (SSSR count). The molecule has 3 aliphatic rings. The van der Waals surface area contributed by atoms with Crippen LogP contribution in [0, 0.1) is 0 Å². The molecule has 150 valence electrons. The van der Waals surface area contributed by atoms with Gasteiger partial charge < -0.3 is 15.0 Å². The molecule has 10 nitrogen and oxygen atoms in total. The van der Waals surface area contributed by atoms with Gasteiger partial charge in [0, 0.05) is 26.2 Å². The van der Waals surface area contributed by atoms with Gasteiger partial charge in [-0.2, -0.15) is 5.01 Å². The van der Waals surface area contributed by atoms with Crippen LogP contribution in [-0.4, -0.2) is 83.6 Å². The fraction of sp³-hybridized carbons (Fsp3) is 0.765. The average Bonchev–Trinajstić information content (AvgIpc) is 2.87. The van der Waals surface area contributed by atoms with Crippen molar-refractivity contribution in [1.82, 2.24) is 25.6 Å². The quantitative estimate of drug-likeness (QED) is 0.666. The van der Waals surface area contributed by atoms with Gasteiger partial charge in [-0.15, -0.1) is 0 Å². The second-order valence-electron chi connectivity index (χ2n) is 7.21. The molecule has 1 spiro atoms. The number of ether oxygens (including phenoxy) is 1. The first kappa shape index (κ1) is 19.4. The van der Waals surface area contributed by atoms with Crippen LogP contribution in [0.25, 0.3) is 0 Å². The zero-order valence-electron chi connectivity index (χ0n) is 15.7. The summed E-state index contributed by atoms with van der Waals surface area (Å²) in [5.74, 6) is -0.788. The van der Waals surface area contributed by atoms with E-state index in [0.717, 1.165) is 24.3 Å². The number of rotatable bonds is 4. The Morgan fingerprint density at radius 2 is 1.78 bits per heavy atom. The van der Waals surface area contributed by atoms with E-state index < -0.39 is 17.5 Å². The van der Waals surface area contributed by atoms with E-state index in [-0.39, 0.29) is 18.5 Å². The number of urea groups is 1. The number of carbonyl (C=O) groups is 4. The van der Waals surface area contributed by atoms with Crippen molar-refractivity contribution in [3.63, 3.8) is 0 Å². The zero-order valence-corrected chi connectivity index (χ0v) is 15.7. The first-order valence-electron chi connectivity index (χ1n) is 9.55.